The van der Waals surface area contributed by atoms with Crippen molar-refractivity contribution in [2.45, 2.75) is 20.4 Å². The van der Waals surface area contributed by atoms with E-state index in [0.717, 1.165) is 18.0 Å². The fourth-order valence-corrected chi connectivity index (χ4v) is 2.04. The molecule has 0 bridgehead atoms. The molecule has 3 heteroatoms. The van der Waals surface area contributed by atoms with Crippen LogP contribution in [0.5, 0.6) is 0 Å². The SMILES string of the molecule is CC[n+]1c(C)oc2ccc(I)cc21. The first-order chi connectivity index (χ1) is 6.22. The van der Waals surface area contributed by atoms with Crippen molar-refractivity contribution in [3.05, 3.63) is 27.7 Å². The molecule has 0 aliphatic carbocycles. The molecule has 1 heterocycles. The van der Waals surface area contributed by atoms with Crippen molar-refractivity contribution in [3.8, 4) is 0 Å². The van der Waals surface area contributed by atoms with Gasteiger partial charge in [-0.3, -0.25) is 0 Å². The van der Waals surface area contributed by atoms with E-state index in [1.54, 1.807) is 0 Å². The number of aromatic nitrogens is 1. The molecule has 1 aromatic carbocycles. The highest BCUT2D eigenvalue weighted by Crippen LogP contribution is 2.16. The molecule has 1 aromatic heterocycles. The zero-order valence-electron chi connectivity index (χ0n) is 7.67. The molecule has 0 fully saturated rings. The van der Waals surface area contributed by atoms with E-state index < -0.39 is 0 Å². The molecule has 0 atom stereocenters. The molecular formula is C10H11INO+. The first-order valence-electron chi connectivity index (χ1n) is 4.31. The van der Waals surface area contributed by atoms with Gasteiger partial charge in [-0.15, -0.1) is 0 Å². The first-order valence-corrected chi connectivity index (χ1v) is 5.38. The predicted molar refractivity (Wildman–Crippen MR) is 59.5 cm³/mol. The van der Waals surface area contributed by atoms with E-state index >= 15 is 0 Å². The lowest BCUT2D eigenvalue weighted by atomic mass is 10.3. The molecule has 0 aliphatic rings. The van der Waals surface area contributed by atoms with Crippen molar-refractivity contribution >= 4 is 33.7 Å². The molecule has 2 nitrogen and oxygen atoms in total. The summed E-state index contributed by atoms with van der Waals surface area (Å²) in [6, 6.07) is 6.23. The lowest BCUT2D eigenvalue weighted by molar-refractivity contribution is -0.679. The number of aryl methyl sites for hydroxylation is 2. The quantitative estimate of drug-likeness (QED) is 0.582. The summed E-state index contributed by atoms with van der Waals surface area (Å²) in [4.78, 5) is 0. The summed E-state index contributed by atoms with van der Waals surface area (Å²) in [5.74, 6) is 0.972. The Kier molecular flexibility index (Phi) is 2.27. The van der Waals surface area contributed by atoms with Crippen LogP contribution in [0.1, 0.15) is 12.8 Å². The minimum absolute atomic E-state index is 0.957. The highest BCUT2D eigenvalue weighted by Gasteiger charge is 2.16. The Morgan fingerprint density at radius 3 is 2.92 bits per heavy atom. The van der Waals surface area contributed by atoms with Crippen LogP contribution < -0.4 is 4.57 Å². The van der Waals surface area contributed by atoms with Crippen LogP contribution in [0.4, 0.5) is 0 Å². The third-order valence-electron chi connectivity index (χ3n) is 2.17. The molecule has 0 amide bonds. The van der Waals surface area contributed by atoms with E-state index in [4.69, 9.17) is 4.42 Å². The van der Waals surface area contributed by atoms with Gasteiger partial charge in [-0.25, -0.2) is 0 Å². The van der Waals surface area contributed by atoms with Crippen LogP contribution in [0.3, 0.4) is 0 Å². The summed E-state index contributed by atoms with van der Waals surface area (Å²) in [5, 5.41) is 0. The van der Waals surface area contributed by atoms with Crippen molar-refractivity contribution in [2.75, 3.05) is 0 Å². The average Bonchev–Trinajstić information content (AvgIpc) is 2.40. The number of fused-ring (bicyclic) bond motifs is 1. The Morgan fingerprint density at radius 2 is 2.23 bits per heavy atom. The number of hydrogen-bond acceptors (Lipinski definition) is 1. The smallest absolute Gasteiger partial charge is 0.344 e. The lowest BCUT2D eigenvalue weighted by Gasteiger charge is -1.88. The monoisotopic (exact) mass is 288 g/mol. The number of rotatable bonds is 1. The first kappa shape index (κ1) is 8.99. The maximum atomic E-state index is 5.60. The van der Waals surface area contributed by atoms with Crippen molar-refractivity contribution < 1.29 is 8.98 Å². The zero-order chi connectivity index (χ0) is 9.42. The summed E-state index contributed by atoms with van der Waals surface area (Å²) in [7, 11) is 0. The van der Waals surface area contributed by atoms with E-state index in [1.165, 1.54) is 9.09 Å². The van der Waals surface area contributed by atoms with E-state index in [0.29, 0.717) is 0 Å². The van der Waals surface area contributed by atoms with Gasteiger partial charge in [0.1, 0.15) is 6.54 Å². The average molecular weight is 288 g/mol. The Labute approximate surface area is 90.7 Å². The topological polar surface area (TPSA) is 17.0 Å². The molecule has 2 rings (SSSR count). The summed E-state index contributed by atoms with van der Waals surface area (Å²) < 4.78 is 9.03. The van der Waals surface area contributed by atoms with Crippen molar-refractivity contribution in [2.24, 2.45) is 0 Å². The third-order valence-corrected chi connectivity index (χ3v) is 2.84. The highest BCUT2D eigenvalue weighted by atomic mass is 127. The fourth-order valence-electron chi connectivity index (χ4n) is 1.56. The molecule has 68 valence electrons. The van der Waals surface area contributed by atoms with Crippen LogP contribution >= 0.6 is 22.6 Å². The number of halogens is 1. The second kappa shape index (κ2) is 3.29. The fraction of sp³-hybridized carbons (Fsp3) is 0.300. The van der Waals surface area contributed by atoms with Crippen LogP contribution in [0, 0.1) is 10.5 Å². The number of benzene rings is 1. The molecule has 0 spiro atoms. The molecule has 0 unspecified atom stereocenters. The summed E-state index contributed by atoms with van der Waals surface area (Å²) >= 11 is 2.32. The van der Waals surface area contributed by atoms with E-state index in [2.05, 4.69) is 46.2 Å². The Balaban J connectivity index is 2.80. The lowest BCUT2D eigenvalue weighted by Crippen LogP contribution is -2.33. The molecule has 2 aromatic rings. The van der Waals surface area contributed by atoms with Crippen LogP contribution in [0.2, 0.25) is 0 Å². The Morgan fingerprint density at radius 1 is 1.46 bits per heavy atom. The predicted octanol–water partition coefficient (Wildman–Crippen LogP) is 2.65. The van der Waals surface area contributed by atoms with Gasteiger partial charge in [0, 0.05) is 9.64 Å². The Bertz CT molecular complexity index is 447. The third kappa shape index (κ3) is 1.45. The minimum Gasteiger partial charge on any atom is -0.402 e. The number of oxazole rings is 1. The van der Waals surface area contributed by atoms with E-state index in [-0.39, 0.29) is 0 Å². The van der Waals surface area contributed by atoms with Gasteiger partial charge in [-0.05, 0) is 41.6 Å². The van der Waals surface area contributed by atoms with Crippen molar-refractivity contribution in [3.63, 3.8) is 0 Å². The van der Waals surface area contributed by atoms with Crippen molar-refractivity contribution in [1.29, 1.82) is 0 Å². The molecule has 0 saturated heterocycles. The molecule has 0 N–H and O–H groups in total. The van der Waals surface area contributed by atoms with E-state index in [9.17, 15) is 0 Å². The Hall–Kier alpha value is -0.580. The molecule has 13 heavy (non-hydrogen) atoms. The maximum absolute atomic E-state index is 5.60. The normalized spacial score (nSPS) is 11.0. The van der Waals surface area contributed by atoms with Crippen LogP contribution in [-0.4, -0.2) is 0 Å². The minimum atomic E-state index is 0.957. The second-order valence-electron chi connectivity index (χ2n) is 2.98. The number of nitrogens with zero attached hydrogens (tertiary/aromatic N) is 1. The van der Waals surface area contributed by atoms with Gasteiger partial charge < -0.3 is 4.42 Å². The van der Waals surface area contributed by atoms with Gasteiger partial charge in [0.15, 0.2) is 0 Å². The molecule has 0 aliphatic heterocycles. The van der Waals surface area contributed by atoms with Crippen LogP contribution in [0.25, 0.3) is 11.1 Å². The van der Waals surface area contributed by atoms with E-state index in [1.807, 2.05) is 13.0 Å². The molecule has 0 radical (unpaired) electrons. The van der Waals surface area contributed by atoms with Crippen LogP contribution in [-0.2, 0) is 6.54 Å². The zero-order valence-corrected chi connectivity index (χ0v) is 9.83. The van der Waals surface area contributed by atoms with Gasteiger partial charge in [0.05, 0.1) is 6.92 Å². The van der Waals surface area contributed by atoms with Gasteiger partial charge in [-0.1, -0.05) is 0 Å². The largest absolute Gasteiger partial charge is 0.402 e. The number of hydrogen-bond donors (Lipinski definition) is 0. The van der Waals surface area contributed by atoms with Gasteiger partial charge in [-0.2, -0.15) is 4.57 Å². The summed E-state index contributed by atoms with van der Waals surface area (Å²) in [6.07, 6.45) is 0. The van der Waals surface area contributed by atoms with Gasteiger partial charge in [0.25, 0.3) is 5.52 Å². The summed E-state index contributed by atoms with van der Waals surface area (Å²) in [6.45, 7) is 5.08. The highest BCUT2D eigenvalue weighted by molar-refractivity contribution is 14.1. The van der Waals surface area contributed by atoms with Gasteiger partial charge in [0.2, 0.25) is 5.58 Å². The van der Waals surface area contributed by atoms with Gasteiger partial charge >= 0.3 is 5.89 Å². The van der Waals surface area contributed by atoms with Crippen molar-refractivity contribution in [1.82, 2.24) is 0 Å². The molecule has 0 saturated carbocycles. The van der Waals surface area contributed by atoms with Crippen LogP contribution in [0.15, 0.2) is 22.6 Å². The second-order valence-corrected chi connectivity index (χ2v) is 4.22. The maximum Gasteiger partial charge on any atom is 0.344 e. The summed E-state index contributed by atoms with van der Waals surface area (Å²) in [5.41, 5.74) is 2.16. The standard InChI is InChI=1S/C10H11INO/c1-3-12-7(2)13-10-5-4-8(11)6-9(10)12/h4-6H,3H2,1-2H3/q+1. The molecular weight excluding hydrogens is 277 g/mol.